The molecule has 2 heterocycles. The second-order valence-corrected chi connectivity index (χ2v) is 3.38. The molecule has 3 nitrogen and oxygen atoms in total. The Kier molecular flexibility index (Phi) is 2.58. The first-order valence-electron chi connectivity index (χ1n) is 4.77. The van der Waals surface area contributed by atoms with E-state index in [2.05, 4.69) is 27.6 Å². The molecule has 0 amide bonds. The topological polar surface area (TPSA) is 32.6 Å². The van der Waals surface area contributed by atoms with Gasteiger partial charge in [0.25, 0.3) is 5.82 Å². The number of pyridine rings is 1. The van der Waals surface area contributed by atoms with E-state index in [9.17, 15) is 0 Å². The molecule has 0 saturated heterocycles. The number of imidazole rings is 1. The summed E-state index contributed by atoms with van der Waals surface area (Å²) in [5.74, 6) is 1.24. The molecule has 2 aromatic heterocycles. The number of aromatic amines is 1. The van der Waals surface area contributed by atoms with Crippen molar-refractivity contribution in [1.29, 1.82) is 0 Å². The summed E-state index contributed by atoms with van der Waals surface area (Å²) in [5, 5.41) is 0. The van der Waals surface area contributed by atoms with Crippen molar-refractivity contribution >= 4 is 0 Å². The highest BCUT2D eigenvalue weighted by atomic mass is 15.0. The molecular formula is C11H14N3+. The lowest BCUT2D eigenvalue weighted by Crippen LogP contribution is -2.30. The van der Waals surface area contributed by atoms with Crippen LogP contribution >= 0.6 is 0 Å². The lowest BCUT2D eigenvalue weighted by molar-refractivity contribution is -0.677. The van der Waals surface area contributed by atoms with Crippen molar-refractivity contribution in [3.8, 4) is 0 Å². The summed E-state index contributed by atoms with van der Waals surface area (Å²) in [6.07, 6.45) is 9.76. The lowest BCUT2D eigenvalue weighted by Gasteiger charge is -1.96. The molecule has 2 rings (SSSR count). The van der Waals surface area contributed by atoms with Crippen LogP contribution in [-0.4, -0.2) is 9.97 Å². The van der Waals surface area contributed by atoms with Gasteiger partial charge in [0.05, 0.1) is 13.5 Å². The van der Waals surface area contributed by atoms with Crippen LogP contribution in [0.15, 0.2) is 36.9 Å². The number of rotatable bonds is 3. The molecule has 14 heavy (non-hydrogen) atoms. The number of nitrogens with zero attached hydrogens (tertiary/aromatic N) is 2. The first kappa shape index (κ1) is 8.94. The van der Waals surface area contributed by atoms with Gasteiger partial charge in [-0.05, 0) is 18.1 Å². The van der Waals surface area contributed by atoms with Gasteiger partial charge in [-0.2, -0.15) is 0 Å². The Morgan fingerprint density at radius 3 is 3.00 bits per heavy atom. The molecule has 0 radical (unpaired) electrons. The first-order chi connectivity index (χ1) is 6.86. The lowest BCUT2D eigenvalue weighted by atomic mass is 10.1. The molecule has 0 unspecified atom stereocenters. The van der Waals surface area contributed by atoms with Crippen molar-refractivity contribution in [2.45, 2.75) is 12.8 Å². The minimum atomic E-state index is 1.02. The molecule has 72 valence electrons. The van der Waals surface area contributed by atoms with Gasteiger partial charge in [-0.25, -0.2) is 9.55 Å². The summed E-state index contributed by atoms with van der Waals surface area (Å²) in [6, 6.07) is 4.08. The van der Waals surface area contributed by atoms with Gasteiger partial charge in [0.15, 0.2) is 0 Å². The van der Waals surface area contributed by atoms with E-state index in [4.69, 9.17) is 0 Å². The number of hydrogen-bond donors (Lipinski definition) is 1. The zero-order chi connectivity index (χ0) is 9.80. The highest BCUT2D eigenvalue weighted by Crippen LogP contribution is 2.00. The van der Waals surface area contributed by atoms with Crippen LogP contribution in [0.25, 0.3) is 0 Å². The average Bonchev–Trinajstić information content (AvgIpc) is 2.63. The number of aromatic nitrogens is 3. The Bertz CT molecular complexity index is 392. The fourth-order valence-electron chi connectivity index (χ4n) is 1.49. The molecular weight excluding hydrogens is 174 g/mol. The maximum absolute atomic E-state index is 4.09. The van der Waals surface area contributed by atoms with Gasteiger partial charge in [0, 0.05) is 12.4 Å². The molecule has 0 bridgehead atoms. The van der Waals surface area contributed by atoms with Crippen LogP contribution in [0.3, 0.4) is 0 Å². The van der Waals surface area contributed by atoms with E-state index in [-0.39, 0.29) is 0 Å². The minimum absolute atomic E-state index is 1.02. The van der Waals surface area contributed by atoms with E-state index in [0.717, 1.165) is 12.8 Å². The predicted octanol–water partition coefficient (Wildman–Crippen LogP) is 1.02. The standard InChI is InChI=1S/C11H13N3/c1-14-8-7-13-11(14)5-4-10-3-2-6-12-9-10/h2-3,6-9H,4-5H2,1H3/p+1. The monoisotopic (exact) mass is 188 g/mol. The van der Waals surface area contributed by atoms with Gasteiger partial charge >= 0.3 is 0 Å². The van der Waals surface area contributed by atoms with E-state index in [0.29, 0.717) is 0 Å². The molecule has 0 atom stereocenters. The fourth-order valence-corrected chi connectivity index (χ4v) is 1.49. The van der Waals surface area contributed by atoms with Crippen LogP contribution in [-0.2, 0) is 19.9 Å². The highest BCUT2D eigenvalue weighted by Gasteiger charge is 2.05. The summed E-state index contributed by atoms with van der Waals surface area (Å²) in [7, 11) is 2.05. The van der Waals surface area contributed by atoms with Crippen LogP contribution < -0.4 is 4.57 Å². The zero-order valence-electron chi connectivity index (χ0n) is 8.27. The Morgan fingerprint density at radius 1 is 1.43 bits per heavy atom. The number of aryl methyl sites for hydroxylation is 3. The Hall–Kier alpha value is -1.64. The van der Waals surface area contributed by atoms with Crippen LogP contribution in [0.5, 0.6) is 0 Å². The average molecular weight is 188 g/mol. The normalized spacial score (nSPS) is 10.4. The van der Waals surface area contributed by atoms with Gasteiger partial charge < -0.3 is 0 Å². The van der Waals surface area contributed by atoms with E-state index in [1.165, 1.54) is 11.4 Å². The van der Waals surface area contributed by atoms with Crippen LogP contribution in [0.2, 0.25) is 0 Å². The molecule has 1 N–H and O–H groups in total. The maximum atomic E-state index is 4.09. The molecule has 0 spiro atoms. The highest BCUT2D eigenvalue weighted by molar-refractivity contribution is 5.09. The van der Waals surface area contributed by atoms with Gasteiger partial charge in [-0.15, -0.1) is 0 Å². The second kappa shape index (κ2) is 4.05. The smallest absolute Gasteiger partial charge is 0.254 e. The second-order valence-electron chi connectivity index (χ2n) is 3.38. The Morgan fingerprint density at radius 2 is 2.36 bits per heavy atom. The summed E-state index contributed by atoms with van der Waals surface area (Å²) in [4.78, 5) is 7.31. The first-order valence-corrected chi connectivity index (χ1v) is 4.77. The maximum Gasteiger partial charge on any atom is 0.254 e. The zero-order valence-corrected chi connectivity index (χ0v) is 8.27. The number of nitrogens with one attached hydrogen (secondary N) is 1. The van der Waals surface area contributed by atoms with Crippen molar-refractivity contribution in [3.05, 3.63) is 48.3 Å². The third kappa shape index (κ3) is 1.99. The summed E-state index contributed by atoms with van der Waals surface area (Å²) >= 11 is 0. The molecule has 0 aliphatic rings. The Balaban J connectivity index is 1.99. The summed E-state index contributed by atoms with van der Waals surface area (Å²) < 4.78 is 2.11. The molecule has 0 aliphatic heterocycles. The largest absolute Gasteiger partial charge is 0.264 e. The third-order valence-corrected chi connectivity index (χ3v) is 2.35. The SMILES string of the molecule is C[n+]1cc[nH]c1CCc1cccnc1. The Labute approximate surface area is 83.4 Å². The van der Waals surface area contributed by atoms with E-state index in [1.54, 1.807) is 6.20 Å². The fraction of sp³-hybridized carbons (Fsp3) is 0.273. The molecule has 0 saturated carbocycles. The van der Waals surface area contributed by atoms with E-state index < -0.39 is 0 Å². The van der Waals surface area contributed by atoms with Crippen molar-refractivity contribution in [2.24, 2.45) is 7.05 Å². The number of H-pyrrole nitrogens is 1. The molecule has 0 aliphatic carbocycles. The van der Waals surface area contributed by atoms with Crippen molar-refractivity contribution in [2.75, 3.05) is 0 Å². The van der Waals surface area contributed by atoms with E-state index in [1.807, 2.05) is 24.7 Å². The predicted molar refractivity (Wildman–Crippen MR) is 53.6 cm³/mol. The van der Waals surface area contributed by atoms with Crippen molar-refractivity contribution < 1.29 is 4.57 Å². The molecule has 0 aromatic carbocycles. The van der Waals surface area contributed by atoms with Gasteiger partial charge in [-0.3, -0.25) is 4.98 Å². The summed E-state index contributed by atoms with van der Waals surface area (Å²) in [6.45, 7) is 0. The summed E-state index contributed by atoms with van der Waals surface area (Å²) in [5.41, 5.74) is 1.28. The molecule has 0 fully saturated rings. The number of hydrogen-bond acceptors (Lipinski definition) is 1. The van der Waals surface area contributed by atoms with Gasteiger partial charge in [0.1, 0.15) is 12.4 Å². The minimum Gasteiger partial charge on any atom is -0.264 e. The third-order valence-electron chi connectivity index (χ3n) is 2.35. The molecule has 2 aromatic rings. The van der Waals surface area contributed by atoms with Gasteiger partial charge in [-0.1, -0.05) is 6.07 Å². The van der Waals surface area contributed by atoms with Crippen molar-refractivity contribution in [1.82, 2.24) is 9.97 Å². The van der Waals surface area contributed by atoms with E-state index >= 15 is 0 Å². The van der Waals surface area contributed by atoms with Gasteiger partial charge in [0.2, 0.25) is 0 Å². The van der Waals surface area contributed by atoms with Crippen molar-refractivity contribution in [3.63, 3.8) is 0 Å². The van der Waals surface area contributed by atoms with Crippen LogP contribution in [0.4, 0.5) is 0 Å². The quantitative estimate of drug-likeness (QED) is 0.717. The van der Waals surface area contributed by atoms with Crippen LogP contribution in [0.1, 0.15) is 11.4 Å². The molecule has 3 heteroatoms. The van der Waals surface area contributed by atoms with Crippen LogP contribution in [0, 0.1) is 0 Å².